The molecule has 0 atom stereocenters. The molecule has 0 spiro atoms. The van der Waals surface area contributed by atoms with Gasteiger partial charge >= 0.3 is 0 Å². The predicted molar refractivity (Wildman–Crippen MR) is 85.4 cm³/mol. The second kappa shape index (κ2) is 5.13. The van der Waals surface area contributed by atoms with Crippen molar-refractivity contribution in [3.63, 3.8) is 0 Å². The minimum Gasteiger partial charge on any atom is -0.496 e. The van der Waals surface area contributed by atoms with Crippen molar-refractivity contribution in [1.29, 1.82) is 0 Å². The van der Waals surface area contributed by atoms with Crippen molar-refractivity contribution >= 4 is 5.65 Å². The molecule has 0 unspecified atom stereocenters. The summed E-state index contributed by atoms with van der Waals surface area (Å²) in [6.45, 7) is 0. The van der Waals surface area contributed by atoms with Gasteiger partial charge in [0.05, 0.1) is 18.9 Å². The van der Waals surface area contributed by atoms with Gasteiger partial charge in [-0.25, -0.2) is 9.50 Å². The van der Waals surface area contributed by atoms with E-state index in [1.165, 1.54) is 4.52 Å². The van der Waals surface area contributed by atoms with Crippen LogP contribution in [0.15, 0.2) is 53.8 Å². The van der Waals surface area contributed by atoms with Crippen molar-refractivity contribution in [2.24, 2.45) is 0 Å². The second-order valence-electron chi connectivity index (χ2n) is 5.01. The number of benzene rings is 1. The Labute approximate surface area is 130 Å². The lowest BCUT2D eigenvalue weighted by Gasteiger charge is -2.06. The smallest absolute Gasteiger partial charge is 0.280 e. The maximum Gasteiger partial charge on any atom is 0.280 e. The number of fused-ring (bicyclic) bond motifs is 1. The van der Waals surface area contributed by atoms with E-state index in [-0.39, 0.29) is 5.56 Å². The Morgan fingerprint density at radius 1 is 1.09 bits per heavy atom. The Morgan fingerprint density at radius 3 is 2.74 bits per heavy atom. The summed E-state index contributed by atoms with van der Waals surface area (Å²) in [6.07, 6.45) is 6.57. The van der Waals surface area contributed by atoms with E-state index in [1.54, 1.807) is 31.9 Å². The van der Waals surface area contributed by atoms with Gasteiger partial charge in [-0.15, -0.1) is 0 Å². The monoisotopic (exact) mass is 307 g/mol. The molecule has 0 aliphatic carbocycles. The predicted octanol–water partition coefficient (Wildman–Crippen LogP) is 2.09. The molecule has 2 N–H and O–H groups in total. The highest BCUT2D eigenvalue weighted by Crippen LogP contribution is 2.31. The molecular weight excluding hydrogens is 294 g/mol. The third-order valence-corrected chi connectivity index (χ3v) is 3.75. The summed E-state index contributed by atoms with van der Waals surface area (Å²) in [6, 6.07) is 7.61. The summed E-state index contributed by atoms with van der Waals surface area (Å²) in [7, 11) is 1.62. The lowest BCUT2D eigenvalue weighted by molar-refractivity contribution is 0.416. The molecule has 7 nitrogen and oxygen atoms in total. The molecule has 1 aromatic carbocycles. The van der Waals surface area contributed by atoms with Crippen molar-refractivity contribution in [3.05, 3.63) is 59.4 Å². The first-order valence-corrected chi connectivity index (χ1v) is 7.01. The SMILES string of the molecule is COc1ccccc1-c1c[nH]n2c(=O)c(-c3cn[nH]c3)cnc12. The van der Waals surface area contributed by atoms with Crippen LogP contribution in [0.5, 0.6) is 5.75 Å². The zero-order valence-electron chi connectivity index (χ0n) is 12.3. The molecule has 4 aromatic rings. The van der Waals surface area contributed by atoms with Crippen molar-refractivity contribution in [1.82, 2.24) is 24.8 Å². The summed E-state index contributed by atoms with van der Waals surface area (Å²) in [4.78, 5) is 17.1. The zero-order chi connectivity index (χ0) is 15.8. The number of rotatable bonds is 3. The van der Waals surface area contributed by atoms with Gasteiger partial charge in [0.25, 0.3) is 5.56 Å². The normalized spacial score (nSPS) is 11.0. The molecule has 3 heterocycles. The Kier molecular flexibility index (Phi) is 2.97. The van der Waals surface area contributed by atoms with Gasteiger partial charge in [-0.05, 0) is 6.07 Å². The fourth-order valence-corrected chi connectivity index (χ4v) is 2.62. The number of hydrogen-bond donors (Lipinski definition) is 2. The number of nitrogens with one attached hydrogen (secondary N) is 2. The molecule has 0 amide bonds. The molecule has 23 heavy (non-hydrogen) atoms. The molecule has 0 saturated heterocycles. The second-order valence-corrected chi connectivity index (χ2v) is 5.01. The van der Waals surface area contributed by atoms with Crippen LogP contribution < -0.4 is 10.3 Å². The average Bonchev–Trinajstić information content (AvgIpc) is 3.25. The summed E-state index contributed by atoms with van der Waals surface area (Å²) in [5, 5.41) is 9.53. The van der Waals surface area contributed by atoms with E-state index in [1.807, 2.05) is 24.3 Å². The van der Waals surface area contributed by atoms with Crippen LogP contribution in [-0.2, 0) is 0 Å². The minimum absolute atomic E-state index is 0.183. The molecule has 0 aliphatic heterocycles. The quantitative estimate of drug-likeness (QED) is 0.606. The van der Waals surface area contributed by atoms with Gasteiger partial charge in [-0.3, -0.25) is 15.0 Å². The standard InChI is InChI=1S/C16H13N5O2/c1-23-14-5-3-2-4-11(14)13-9-20-21-15(13)17-8-12(16(21)22)10-6-18-19-7-10/h2-9,20H,1H3,(H,18,19). The molecule has 4 rings (SSSR count). The number of para-hydroxylation sites is 1. The maximum atomic E-state index is 12.6. The lowest BCUT2D eigenvalue weighted by atomic mass is 10.1. The van der Waals surface area contributed by atoms with Crippen molar-refractivity contribution in [3.8, 4) is 28.0 Å². The summed E-state index contributed by atoms with van der Waals surface area (Å²) in [5.41, 5.74) is 3.22. The number of aromatic amines is 2. The van der Waals surface area contributed by atoms with E-state index >= 15 is 0 Å². The van der Waals surface area contributed by atoms with Crippen molar-refractivity contribution in [2.75, 3.05) is 7.11 Å². The largest absolute Gasteiger partial charge is 0.496 e. The van der Waals surface area contributed by atoms with Gasteiger partial charge < -0.3 is 4.74 Å². The number of nitrogens with zero attached hydrogens (tertiary/aromatic N) is 3. The van der Waals surface area contributed by atoms with Crippen LogP contribution in [0.4, 0.5) is 0 Å². The number of aromatic nitrogens is 5. The van der Waals surface area contributed by atoms with Gasteiger partial charge in [-0.1, -0.05) is 18.2 Å². The fraction of sp³-hybridized carbons (Fsp3) is 0.0625. The van der Waals surface area contributed by atoms with Crippen LogP contribution >= 0.6 is 0 Å². The topological polar surface area (TPSA) is 88.1 Å². The summed E-state index contributed by atoms with van der Waals surface area (Å²) >= 11 is 0. The Morgan fingerprint density at radius 2 is 1.96 bits per heavy atom. The van der Waals surface area contributed by atoms with E-state index < -0.39 is 0 Å². The number of hydrogen-bond acceptors (Lipinski definition) is 4. The third kappa shape index (κ3) is 2.02. The Bertz CT molecular complexity index is 1030. The molecule has 0 radical (unpaired) electrons. The highest BCUT2D eigenvalue weighted by Gasteiger charge is 2.15. The Balaban J connectivity index is 1.95. The van der Waals surface area contributed by atoms with E-state index in [0.717, 1.165) is 16.9 Å². The molecule has 3 aromatic heterocycles. The molecule has 7 heteroatoms. The molecule has 0 aliphatic rings. The Hall–Kier alpha value is -3.35. The molecule has 114 valence electrons. The van der Waals surface area contributed by atoms with Crippen LogP contribution in [0.25, 0.3) is 27.9 Å². The molecule has 0 fully saturated rings. The number of H-pyrrole nitrogens is 2. The van der Waals surface area contributed by atoms with Gasteiger partial charge in [0.2, 0.25) is 0 Å². The van der Waals surface area contributed by atoms with E-state index in [2.05, 4.69) is 20.3 Å². The molecule has 0 bridgehead atoms. The van der Waals surface area contributed by atoms with Gasteiger partial charge in [0.1, 0.15) is 5.75 Å². The maximum absolute atomic E-state index is 12.6. The molecule has 0 saturated carbocycles. The first-order valence-electron chi connectivity index (χ1n) is 7.01. The summed E-state index contributed by atoms with van der Waals surface area (Å²) in [5.74, 6) is 0.724. The average molecular weight is 307 g/mol. The lowest BCUT2D eigenvalue weighted by Crippen LogP contribution is -2.16. The van der Waals surface area contributed by atoms with Gasteiger partial charge in [-0.2, -0.15) is 5.10 Å². The number of ether oxygens (including phenoxy) is 1. The third-order valence-electron chi connectivity index (χ3n) is 3.75. The van der Waals surface area contributed by atoms with Crippen LogP contribution in [0.1, 0.15) is 0 Å². The van der Waals surface area contributed by atoms with Crippen molar-refractivity contribution < 1.29 is 4.74 Å². The van der Waals surface area contributed by atoms with E-state index in [0.29, 0.717) is 16.8 Å². The first kappa shape index (κ1) is 13.3. The summed E-state index contributed by atoms with van der Waals surface area (Å²) < 4.78 is 6.81. The first-order chi connectivity index (χ1) is 11.3. The fourth-order valence-electron chi connectivity index (χ4n) is 2.62. The highest BCUT2D eigenvalue weighted by molar-refractivity contribution is 5.81. The zero-order valence-corrected chi connectivity index (χ0v) is 12.3. The van der Waals surface area contributed by atoms with E-state index in [4.69, 9.17) is 4.74 Å². The minimum atomic E-state index is -0.183. The van der Waals surface area contributed by atoms with Crippen molar-refractivity contribution in [2.45, 2.75) is 0 Å². The van der Waals surface area contributed by atoms with Gasteiger partial charge in [0.15, 0.2) is 5.65 Å². The van der Waals surface area contributed by atoms with Crippen LogP contribution in [0.3, 0.4) is 0 Å². The van der Waals surface area contributed by atoms with Crippen LogP contribution in [0, 0.1) is 0 Å². The van der Waals surface area contributed by atoms with Crippen LogP contribution in [-0.4, -0.2) is 31.9 Å². The number of methoxy groups -OCH3 is 1. The molecular formula is C16H13N5O2. The van der Waals surface area contributed by atoms with E-state index in [9.17, 15) is 4.79 Å². The van der Waals surface area contributed by atoms with Crippen LogP contribution in [0.2, 0.25) is 0 Å². The van der Waals surface area contributed by atoms with Gasteiger partial charge in [0, 0.05) is 35.3 Å². The highest BCUT2D eigenvalue weighted by atomic mass is 16.5.